The summed E-state index contributed by atoms with van der Waals surface area (Å²) in [6, 6.07) is 7.50. The average molecular weight is 533 g/mol. The number of nitrogens with one attached hydrogen (secondary N) is 2. The number of aromatic nitrogens is 6. The van der Waals surface area contributed by atoms with Crippen molar-refractivity contribution in [2.75, 3.05) is 36.6 Å². The van der Waals surface area contributed by atoms with E-state index in [2.05, 4.69) is 30.8 Å². The van der Waals surface area contributed by atoms with E-state index in [9.17, 15) is 9.59 Å². The van der Waals surface area contributed by atoms with Crippen molar-refractivity contribution >= 4 is 51.9 Å². The first-order valence-electron chi connectivity index (χ1n) is 11.4. The number of hydrogen-bond acceptors (Lipinski definition) is 10. The van der Waals surface area contributed by atoms with E-state index in [-0.39, 0.29) is 5.82 Å². The van der Waals surface area contributed by atoms with E-state index < -0.39 is 18.7 Å². The van der Waals surface area contributed by atoms with E-state index in [1.807, 2.05) is 18.2 Å². The van der Waals surface area contributed by atoms with Crippen LogP contribution in [0.15, 0.2) is 53.9 Å². The molecule has 5 aromatic rings. The summed E-state index contributed by atoms with van der Waals surface area (Å²) in [6.45, 7) is 0.0670. The van der Waals surface area contributed by atoms with Gasteiger partial charge in [-0.15, -0.1) is 16.9 Å². The van der Waals surface area contributed by atoms with Gasteiger partial charge in [0.1, 0.15) is 11.4 Å². The SMILES string of the molecule is COc1cc2c(cc1-n1nc(NC(=O)OCC(=O)O)c3cnc(-c4cnn5cccnc45)cc31)SCCN2. The Morgan fingerprint density at radius 1 is 1.24 bits per heavy atom. The van der Waals surface area contributed by atoms with Crippen LogP contribution in [0, 0.1) is 0 Å². The van der Waals surface area contributed by atoms with E-state index in [4.69, 9.17) is 14.6 Å². The number of ether oxygens (including phenoxy) is 2. The summed E-state index contributed by atoms with van der Waals surface area (Å²) in [5, 5.41) is 24.2. The number of methoxy groups -OCH3 is 1. The van der Waals surface area contributed by atoms with E-state index in [0.717, 1.165) is 22.9 Å². The summed E-state index contributed by atoms with van der Waals surface area (Å²) in [6.07, 6.45) is 5.78. The number of benzene rings is 1. The van der Waals surface area contributed by atoms with Crippen molar-refractivity contribution in [1.29, 1.82) is 0 Å². The second-order valence-corrected chi connectivity index (χ2v) is 9.32. The zero-order chi connectivity index (χ0) is 26.2. The number of carbonyl (C=O) groups is 2. The molecule has 0 aliphatic carbocycles. The molecule has 0 radical (unpaired) electrons. The molecule has 38 heavy (non-hydrogen) atoms. The standard InChI is InChI=1S/C24H20N8O5S/c1-36-19-8-16-20(38-6-4-25-16)9-18(19)32-17-7-15(13-11-28-31-5-2-3-26-23(13)31)27-10-14(17)22(30-32)29-24(35)37-12-21(33)34/h2-3,5,7-11,25H,4,6,12H2,1H3,(H,33,34)(H,29,30,35). The van der Waals surface area contributed by atoms with Gasteiger partial charge in [-0.2, -0.15) is 5.10 Å². The molecule has 1 aliphatic heterocycles. The first kappa shape index (κ1) is 23.5. The summed E-state index contributed by atoms with van der Waals surface area (Å²) in [4.78, 5) is 33.2. The minimum absolute atomic E-state index is 0.151. The lowest BCUT2D eigenvalue weighted by Gasteiger charge is -2.20. The zero-order valence-corrected chi connectivity index (χ0v) is 20.7. The molecule has 0 saturated heterocycles. The molecule has 1 amide bonds. The maximum atomic E-state index is 12.3. The van der Waals surface area contributed by atoms with Crippen molar-refractivity contribution in [1.82, 2.24) is 29.4 Å². The number of fused-ring (bicyclic) bond motifs is 3. The second kappa shape index (κ2) is 9.55. The van der Waals surface area contributed by atoms with Crippen LogP contribution in [-0.2, 0) is 9.53 Å². The number of carboxylic acid groups (broad SMARTS) is 1. The summed E-state index contributed by atoms with van der Waals surface area (Å²) in [5.41, 5.74) is 4.18. The number of pyridine rings is 1. The van der Waals surface area contributed by atoms with Crippen molar-refractivity contribution in [2.45, 2.75) is 4.90 Å². The minimum Gasteiger partial charge on any atom is -0.494 e. The van der Waals surface area contributed by atoms with Crippen LogP contribution in [0.1, 0.15) is 0 Å². The molecule has 1 aromatic carbocycles. The summed E-state index contributed by atoms with van der Waals surface area (Å²) in [7, 11) is 1.58. The number of thioether (sulfide) groups is 1. The number of carboxylic acids is 1. The number of hydrogen-bond donors (Lipinski definition) is 3. The van der Waals surface area contributed by atoms with E-state index in [1.54, 1.807) is 58.9 Å². The maximum absolute atomic E-state index is 12.3. The van der Waals surface area contributed by atoms with E-state index in [0.29, 0.717) is 39.2 Å². The Morgan fingerprint density at radius 3 is 2.97 bits per heavy atom. The number of aliphatic carboxylic acids is 1. The van der Waals surface area contributed by atoms with Gasteiger partial charge in [0, 0.05) is 41.8 Å². The van der Waals surface area contributed by atoms with Crippen LogP contribution in [0.4, 0.5) is 16.3 Å². The van der Waals surface area contributed by atoms with Crippen molar-refractivity contribution in [2.24, 2.45) is 0 Å². The smallest absolute Gasteiger partial charge is 0.413 e. The fourth-order valence-electron chi connectivity index (χ4n) is 4.18. The first-order chi connectivity index (χ1) is 18.5. The van der Waals surface area contributed by atoms with Crippen LogP contribution < -0.4 is 15.4 Å². The second-order valence-electron chi connectivity index (χ2n) is 8.18. The Balaban J connectivity index is 1.52. The largest absolute Gasteiger partial charge is 0.494 e. The Hall–Kier alpha value is -4.85. The summed E-state index contributed by atoms with van der Waals surface area (Å²) >= 11 is 1.72. The van der Waals surface area contributed by atoms with Gasteiger partial charge in [-0.3, -0.25) is 10.3 Å². The van der Waals surface area contributed by atoms with Crippen LogP contribution in [0.2, 0.25) is 0 Å². The third kappa shape index (κ3) is 4.20. The van der Waals surface area contributed by atoms with Gasteiger partial charge < -0.3 is 19.9 Å². The first-order valence-corrected chi connectivity index (χ1v) is 12.4. The molecule has 4 aromatic heterocycles. The monoisotopic (exact) mass is 532 g/mol. The molecule has 0 fully saturated rings. The number of amides is 1. The Labute approximate surface area is 218 Å². The molecule has 14 heteroatoms. The number of nitrogens with zero attached hydrogens (tertiary/aromatic N) is 6. The molecule has 0 spiro atoms. The maximum Gasteiger partial charge on any atom is 0.413 e. The fourth-order valence-corrected chi connectivity index (χ4v) is 5.09. The molecule has 192 valence electrons. The van der Waals surface area contributed by atoms with Gasteiger partial charge >= 0.3 is 12.1 Å². The summed E-state index contributed by atoms with van der Waals surface area (Å²) < 4.78 is 13.8. The average Bonchev–Trinajstić information content (AvgIpc) is 3.52. The lowest BCUT2D eigenvalue weighted by molar-refractivity contribution is -0.140. The minimum atomic E-state index is -1.27. The highest BCUT2D eigenvalue weighted by Gasteiger charge is 2.22. The highest BCUT2D eigenvalue weighted by molar-refractivity contribution is 7.99. The third-order valence-corrected chi connectivity index (χ3v) is 6.91. The highest BCUT2D eigenvalue weighted by atomic mass is 32.2. The Bertz CT molecular complexity index is 1720. The zero-order valence-electron chi connectivity index (χ0n) is 19.9. The number of anilines is 2. The van der Waals surface area contributed by atoms with Crippen LogP contribution in [-0.4, -0.2) is 72.5 Å². The molecular weight excluding hydrogens is 512 g/mol. The fraction of sp³-hybridized carbons (Fsp3) is 0.167. The topological polar surface area (TPSA) is 158 Å². The van der Waals surface area contributed by atoms with Crippen molar-refractivity contribution in [3.63, 3.8) is 0 Å². The van der Waals surface area contributed by atoms with Crippen molar-refractivity contribution in [3.8, 4) is 22.7 Å². The molecule has 0 unspecified atom stereocenters. The Morgan fingerprint density at radius 2 is 2.13 bits per heavy atom. The molecule has 13 nitrogen and oxygen atoms in total. The molecule has 0 bridgehead atoms. The lowest BCUT2D eigenvalue weighted by atomic mass is 10.2. The quantitative estimate of drug-likeness (QED) is 0.295. The molecule has 5 heterocycles. The Kier molecular flexibility index (Phi) is 5.92. The van der Waals surface area contributed by atoms with Crippen LogP contribution >= 0.6 is 11.8 Å². The van der Waals surface area contributed by atoms with Crippen molar-refractivity contribution in [3.05, 3.63) is 49.1 Å². The third-order valence-electron chi connectivity index (χ3n) is 5.85. The molecule has 1 aliphatic rings. The van der Waals surface area contributed by atoms with Crippen LogP contribution in [0.3, 0.4) is 0 Å². The predicted octanol–water partition coefficient (Wildman–Crippen LogP) is 3.29. The normalized spacial score (nSPS) is 12.7. The summed E-state index contributed by atoms with van der Waals surface area (Å²) in [5.74, 6) is 0.363. The predicted molar refractivity (Wildman–Crippen MR) is 139 cm³/mol. The van der Waals surface area contributed by atoms with Crippen molar-refractivity contribution < 1.29 is 24.2 Å². The molecule has 0 saturated carbocycles. The molecule has 0 atom stereocenters. The van der Waals surface area contributed by atoms with Gasteiger partial charge in [-0.05, 0) is 18.2 Å². The van der Waals surface area contributed by atoms with Gasteiger partial charge in [0.05, 0.1) is 41.2 Å². The highest BCUT2D eigenvalue weighted by Crippen LogP contribution is 2.40. The van der Waals surface area contributed by atoms with Crippen LogP contribution in [0.5, 0.6) is 5.75 Å². The van der Waals surface area contributed by atoms with Gasteiger partial charge in [0.2, 0.25) is 0 Å². The van der Waals surface area contributed by atoms with Gasteiger partial charge in [0.25, 0.3) is 0 Å². The number of rotatable bonds is 6. The lowest BCUT2D eigenvalue weighted by Crippen LogP contribution is -2.18. The number of carbonyl (C=O) groups excluding carboxylic acids is 1. The molecule has 6 rings (SSSR count). The molecule has 3 N–H and O–H groups in total. The van der Waals surface area contributed by atoms with Crippen LogP contribution in [0.25, 0.3) is 33.5 Å². The van der Waals surface area contributed by atoms with E-state index in [1.165, 1.54) is 0 Å². The van der Waals surface area contributed by atoms with Gasteiger partial charge in [-0.1, -0.05) is 0 Å². The van der Waals surface area contributed by atoms with Gasteiger partial charge in [0.15, 0.2) is 18.1 Å². The van der Waals surface area contributed by atoms with E-state index >= 15 is 0 Å². The van der Waals surface area contributed by atoms with Gasteiger partial charge in [-0.25, -0.2) is 23.8 Å². The molecular formula is C24H20N8O5S.